The number of aryl methyl sites for hydroxylation is 2. The number of ether oxygens (including phenoxy) is 1. The highest BCUT2D eigenvalue weighted by Crippen LogP contribution is 2.49. The fourth-order valence-corrected chi connectivity index (χ4v) is 7.54. The van der Waals surface area contributed by atoms with Crippen LogP contribution in [0.3, 0.4) is 0 Å². The number of sulfone groups is 1. The van der Waals surface area contributed by atoms with Crippen molar-refractivity contribution < 1.29 is 13.2 Å². The topological polar surface area (TPSA) is 64.4 Å². The second kappa shape index (κ2) is 9.67. The first-order valence-corrected chi connectivity index (χ1v) is 14.9. The van der Waals surface area contributed by atoms with E-state index in [9.17, 15) is 8.42 Å². The van der Waals surface area contributed by atoms with Crippen molar-refractivity contribution in [2.75, 3.05) is 25.4 Å². The van der Waals surface area contributed by atoms with E-state index in [-0.39, 0.29) is 10.8 Å². The Morgan fingerprint density at radius 2 is 1.89 bits per heavy atom. The molecule has 4 unspecified atom stereocenters. The molecule has 1 saturated heterocycles. The average Bonchev–Trinajstić information content (AvgIpc) is 3.24. The first kappa shape index (κ1) is 23.7. The summed E-state index contributed by atoms with van der Waals surface area (Å²) in [5, 5.41) is 0.133. The second-order valence-corrected chi connectivity index (χ2v) is 12.9. The molecule has 190 valence electrons. The molecule has 1 aliphatic heterocycles. The zero-order chi connectivity index (χ0) is 24.7. The van der Waals surface area contributed by atoms with Crippen molar-refractivity contribution in [3.63, 3.8) is 0 Å². The Morgan fingerprint density at radius 3 is 2.64 bits per heavy atom. The number of hydrogen-bond donors (Lipinski definition) is 0. The number of hydrogen-bond acceptors (Lipinski definition) is 5. The summed E-state index contributed by atoms with van der Waals surface area (Å²) in [7, 11) is -1.62. The molecule has 6 nitrogen and oxygen atoms in total. The molecular weight excluding hydrogens is 470 g/mol. The van der Waals surface area contributed by atoms with E-state index in [1.165, 1.54) is 48.9 Å². The van der Waals surface area contributed by atoms with Gasteiger partial charge in [-0.15, -0.1) is 0 Å². The van der Waals surface area contributed by atoms with Crippen LogP contribution < -0.4 is 4.74 Å². The van der Waals surface area contributed by atoms with Gasteiger partial charge in [0.1, 0.15) is 5.75 Å². The fourth-order valence-electron chi connectivity index (χ4n) is 6.30. The molecule has 4 atom stereocenters. The van der Waals surface area contributed by atoms with E-state index in [1.54, 1.807) is 17.8 Å². The van der Waals surface area contributed by atoms with Crippen molar-refractivity contribution in [3.05, 3.63) is 77.7 Å². The Hall–Kier alpha value is -2.64. The minimum Gasteiger partial charge on any atom is -0.494 e. The molecule has 7 heteroatoms. The first-order chi connectivity index (χ1) is 17.5. The van der Waals surface area contributed by atoms with Crippen LogP contribution in [0.25, 0.3) is 0 Å². The lowest BCUT2D eigenvalue weighted by atomic mass is 9.75. The van der Waals surface area contributed by atoms with Gasteiger partial charge in [0.05, 0.1) is 18.7 Å². The average molecular weight is 506 g/mol. The zero-order valence-electron chi connectivity index (χ0n) is 20.9. The summed E-state index contributed by atoms with van der Waals surface area (Å²) in [4.78, 5) is 6.76. The molecular formula is C29H35N3O3S. The SMILES string of the molecule is Cn1cnc(S(=O)(=O)CCCOc2ccc3c(c2)C(Cc2ccccc2)C(N2CC4CC4C2)CC3)c1. The zero-order valence-corrected chi connectivity index (χ0v) is 21.7. The number of nitrogens with zero attached hydrogens (tertiary/aromatic N) is 3. The Bertz CT molecular complexity index is 1310. The lowest BCUT2D eigenvalue weighted by Crippen LogP contribution is -2.42. The van der Waals surface area contributed by atoms with Crippen molar-refractivity contribution in [3.8, 4) is 5.75 Å². The highest BCUT2D eigenvalue weighted by Gasteiger charge is 2.48. The largest absolute Gasteiger partial charge is 0.494 e. The summed E-state index contributed by atoms with van der Waals surface area (Å²) in [5.41, 5.74) is 4.23. The molecule has 2 aromatic carbocycles. The molecule has 0 amide bonds. The Balaban J connectivity index is 1.16. The van der Waals surface area contributed by atoms with E-state index in [1.807, 2.05) is 0 Å². The summed E-state index contributed by atoms with van der Waals surface area (Å²) in [6, 6.07) is 17.9. The van der Waals surface area contributed by atoms with Crippen molar-refractivity contribution in [1.82, 2.24) is 14.5 Å². The monoisotopic (exact) mass is 505 g/mol. The molecule has 0 N–H and O–H groups in total. The van der Waals surface area contributed by atoms with Gasteiger partial charge in [0, 0.05) is 38.3 Å². The van der Waals surface area contributed by atoms with Gasteiger partial charge < -0.3 is 9.30 Å². The van der Waals surface area contributed by atoms with Gasteiger partial charge in [-0.3, -0.25) is 4.90 Å². The lowest BCUT2D eigenvalue weighted by Gasteiger charge is -2.40. The lowest BCUT2D eigenvalue weighted by molar-refractivity contribution is 0.170. The minimum absolute atomic E-state index is 0.0327. The Kier molecular flexibility index (Phi) is 6.38. The van der Waals surface area contributed by atoms with Crippen molar-refractivity contribution in [2.45, 2.75) is 49.1 Å². The number of benzene rings is 2. The first-order valence-electron chi connectivity index (χ1n) is 13.2. The minimum atomic E-state index is -3.39. The van der Waals surface area contributed by atoms with Crippen molar-refractivity contribution in [2.24, 2.45) is 18.9 Å². The maximum Gasteiger partial charge on any atom is 0.197 e. The van der Waals surface area contributed by atoms with E-state index in [2.05, 4.69) is 58.4 Å². The molecule has 3 aliphatic rings. The van der Waals surface area contributed by atoms with E-state index in [4.69, 9.17) is 4.74 Å². The predicted octanol–water partition coefficient (Wildman–Crippen LogP) is 4.26. The molecule has 2 aliphatic carbocycles. The van der Waals surface area contributed by atoms with E-state index < -0.39 is 9.84 Å². The van der Waals surface area contributed by atoms with Crippen LogP contribution in [0.15, 0.2) is 66.1 Å². The predicted molar refractivity (Wildman–Crippen MR) is 140 cm³/mol. The molecule has 1 aromatic heterocycles. The molecule has 0 spiro atoms. The molecule has 0 bridgehead atoms. The molecule has 1 saturated carbocycles. The van der Waals surface area contributed by atoms with Gasteiger partial charge in [-0.1, -0.05) is 36.4 Å². The van der Waals surface area contributed by atoms with Gasteiger partial charge in [-0.25, -0.2) is 13.4 Å². The van der Waals surface area contributed by atoms with Crippen LogP contribution in [-0.2, 0) is 29.7 Å². The molecule has 36 heavy (non-hydrogen) atoms. The van der Waals surface area contributed by atoms with Crippen LogP contribution >= 0.6 is 0 Å². The number of aromatic nitrogens is 2. The maximum atomic E-state index is 12.5. The fraction of sp³-hybridized carbons (Fsp3) is 0.483. The smallest absolute Gasteiger partial charge is 0.197 e. The third-order valence-corrected chi connectivity index (χ3v) is 9.97. The van der Waals surface area contributed by atoms with Gasteiger partial charge in [0.15, 0.2) is 14.9 Å². The van der Waals surface area contributed by atoms with E-state index in [0.29, 0.717) is 25.0 Å². The van der Waals surface area contributed by atoms with Gasteiger partial charge in [0.2, 0.25) is 0 Å². The van der Waals surface area contributed by atoms with E-state index in [0.717, 1.165) is 30.4 Å². The summed E-state index contributed by atoms with van der Waals surface area (Å²) in [5.74, 6) is 3.18. The van der Waals surface area contributed by atoms with Crippen LogP contribution in [-0.4, -0.2) is 54.4 Å². The highest BCUT2D eigenvalue weighted by molar-refractivity contribution is 7.91. The van der Waals surface area contributed by atoms with Gasteiger partial charge in [0.25, 0.3) is 0 Å². The van der Waals surface area contributed by atoms with Crippen LogP contribution in [0, 0.1) is 11.8 Å². The summed E-state index contributed by atoms with van der Waals surface area (Å²) >= 11 is 0. The third-order valence-electron chi connectivity index (χ3n) is 8.29. The summed E-state index contributed by atoms with van der Waals surface area (Å²) in [6.45, 7) is 2.89. The van der Waals surface area contributed by atoms with Crippen molar-refractivity contribution in [1.29, 1.82) is 0 Å². The second-order valence-electron chi connectivity index (χ2n) is 10.9. The van der Waals surface area contributed by atoms with Crippen molar-refractivity contribution >= 4 is 9.84 Å². The molecule has 6 rings (SSSR count). The van der Waals surface area contributed by atoms with Crippen LogP contribution in [0.4, 0.5) is 0 Å². The maximum absolute atomic E-state index is 12.5. The summed E-state index contributed by atoms with van der Waals surface area (Å²) in [6.07, 6.45) is 8.29. The number of likely N-dealkylation sites (tertiary alicyclic amines) is 1. The third kappa shape index (κ3) is 4.96. The molecule has 0 radical (unpaired) electrons. The Morgan fingerprint density at radius 1 is 1.08 bits per heavy atom. The summed E-state index contributed by atoms with van der Waals surface area (Å²) < 4.78 is 32.8. The standard InChI is InChI=1S/C29H35N3O3S/c1-31-19-29(30-20-31)36(33,34)13-5-12-35-25-10-8-22-9-11-28(32-17-23-15-24(23)18-32)27(26(22)16-25)14-21-6-3-2-4-7-21/h2-4,6-8,10,16,19-20,23-24,27-28H,5,9,11-15,17-18H2,1H3. The van der Waals surface area contributed by atoms with Crippen LogP contribution in [0.1, 0.15) is 41.9 Å². The number of imidazole rings is 1. The quantitative estimate of drug-likeness (QED) is 0.407. The van der Waals surface area contributed by atoms with Crippen LogP contribution in [0.2, 0.25) is 0 Å². The van der Waals surface area contributed by atoms with Gasteiger partial charge in [-0.05, 0) is 72.8 Å². The highest BCUT2D eigenvalue weighted by atomic mass is 32.2. The Labute approximate surface area is 214 Å². The molecule has 3 aromatic rings. The number of fused-ring (bicyclic) bond motifs is 2. The number of rotatable bonds is 9. The van der Waals surface area contributed by atoms with Gasteiger partial charge in [-0.2, -0.15) is 0 Å². The normalized spacial score (nSPS) is 25.4. The molecule has 2 fully saturated rings. The molecule has 2 heterocycles. The number of piperidine rings is 1. The van der Waals surface area contributed by atoms with E-state index >= 15 is 0 Å². The van der Waals surface area contributed by atoms with Gasteiger partial charge >= 0.3 is 0 Å². The van der Waals surface area contributed by atoms with Crippen LogP contribution in [0.5, 0.6) is 5.75 Å².